The SMILES string of the molecule is CC(C)COC(=O)N(CCC1CCCCC1)C(=O)N(C)C#N. The van der Waals surface area contributed by atoms with Gasteiger partial charge in [-0.05, 0) is 18.3 Å². The highest BCUT2D eigenvalue weighted by molar-refractivity contribution is 5.91. The lowest BCUT2D eigenvalue weighted by molar-refractivity contribution is 0.0928. The van der Waals surface area contributed by atoms with Crippen molar-refractivity contribution in [3.63, 3.8) is 0 Å². The lowest BCUT2D eigenvalue weighted by atomic mass is 9.87. The van der Waals surface area contributed by atoms with E-state index in [2.05, 4.69) is 0 Å². The molecule has 0 atom stereocenters. The number of hydrogen-bond acceptors (Lipinski definition) is 4. The number of imide groups is 1. The first-order valence-corrected chi connectivity index (χ1v) is 8.07. The van der Waals surface area contributed by atoms with Gasteiger partial charge in [-0.25, -0.2) is 19.4 Å². The highest BCUT2D eigenvalue weighted by atomic mass is 16.6. The number of ether oxygens (including phenoxy) is 1. The topological polar surface area (TPSA) is 73.6 Å². The number of carbonyl (C=O) groups excluding carboxylic acids is 2. The van der Waals surface area contributed by atoms with Gasteiger partial charge in [-0.15, -0.1) is 0 Å². The van der Waals surface area contributed by atoms with E-state index in [4.69, 9.17) is 10.00 Å². The van der Waals surface area contributed by atoms with Gasteiger partial charge in [-0.1, -0.05) is 46.0 Å². The summed E-state index contributed by atoms with van der Waals surface area (Å²) in [5.74, 6) is 0.752. The third kappa shape index (κ3) is 5.92. The Hall–Kier alpha value is -1.77. The molecule has 0 aliphatic heterocycles. The molecule has 3 amide bonds. The van der Waals surface area contributed by atoms with E-state index in [9.17, 15) is 9.59 Å². The normalized spacial score (nSPS) is 15.2. The lowest BCUT2D eigenvalue weighted by Crippen LogP contribution is -2.44. The van der Waals surface area contributed by atoms with Crippen molar-refractivity contribution in [2.75, 3.05) is 20.2 Å². The summed E-state index contributed by atoms with van der Waals surface area (Å²) in [4.78, 5) is 26.2. The van der Waals surface area contributed by atoms with Gasteiger partial charge in [0.25, 0.3) is 0 Å². The monoisotopic (exact) mass is 309 g/mol. The molecule has 6 nitrogen and oxygen atoms in total. The van der Waals surface area contributed by atoms with Crippen LogP contribution in [0.15, 0.2) is 0 Å². The highest BCUT2D eigenvalue weighted by Crippen LogP contribution is 2.26. The number of hydrogen-bond donors (Lipinski definition) is 0. The van der Waals surface area contributed by atoms with Gasteiger partial charge in [0.05, 0.1) is 6.61 Å². The molecule has 0 aromatic heterocycles. The van der Waals surface area contributed by atoms with E-state index in [-0.39, 0.29) is 12.5 Å². The molecule has 6 heteroatoms. The van der Waals surface area contributed by atoms with Crippen LogP contribution in [-0.2, 0) is 4.74 Å². The van der Waals surface area contributed by atoms with Crippen molar-refractivity contribution in [2.45, 2.75) is 52.4 Å². The second kappa shape index (κ2) is 9.29. The summed E-state index contributed by atoms with van der Waals surface area (Å²) in [5, 5.41) is 8.85. The van der Waals surface area contributed by atoms with Crippen LogP contribution < -0.4 is 0 Å². The summed E-state index contributed by atoms with van der Waals surface area (Å²) < 4.78 is 5.15. The average molecular weight is 309 g/mol. The van der Waals surface area contributed by atoms with Gasteiger partial charge in [-0.2, -0.15) is 5.26 Å². The second-order valence-corrected chi connectivity index (χ2v) is 6.36. The number of nitrogens with zero attached hydrogens (tertiary/aromatic N) is 3. The molecule has 0 aromatic carbocycles. The van der Waals surface area contributed by atoms with E-state index in [0.717, 1.165) is 29.1 Å². The predicted molar refractivity (Wildman–Crippen MR) is 82.9 cm³/mol. The minimum Gasteiger partial charge on any atom is -0.449 e. The molecule has 0 heterocycles. The van der Waals surface area contributed by atoms with Gasteiger partial charge >= 0.3 is 12.1 Å². The zero-order valence-electron chi connectivity index (χ0n) is 13.9. The number of rotatable bonds is 5. The number of nitriles is 1. The number of amides is 3. The average Bonchev–Trinajstić information content (AvgIpc) is 2.52. The third-order valence-corrected chi connectivity index (χ3v) is 3.91. The summed E-state index contributed by atoms with van der Waals surface area (Å²) >= 11 is 0. The van der Waals surface area contributed by atoms with Crippen molar-refractivity contribution >= 4 is 12.1 Å². The standard InChI is InChI=1S/C16H27N3O3/c1-13(2)11-22-16(21)19(15(20)18(3)12-17)10-9-14-7-5-4-6-8-14/h13-14H,4-11H2,1-3H3. The molecule has 1 fully saturated rings. The van der Waals surface area contributed by atoms with E-state index in [1.165, 1.54) is 26.3 Å². The predicted octanol–water partition coefficient (Wildman–Crippen LogP) is 3.58. The smallest absolute Gasteiger partial charge is 0.418 e. The van der Waals surface area contributed by atoms with Crippen LogP contribution in [0.25, 0.3) is 0 Å². The Morgan fingerprint density at radius 3 is 2.45 bits per heavy atom. The van der Waals surface area contributed by atoms with Crippen molar-refractivity contribution in [1.82, 2.24) is 9.80 Å². The maximum absolute atomic E-state index is 12.2. The summed E-state index contributed by atoms with van der Waals surface area (Å²) in [5.41, 5.74) is 0. The lowest BCUT2D eigenvalue weighted by Gasteiger charge is -2.26. The highest BCUT2D eigenvalue weighted by Gasteiger charge is 2.27. The minimum absolute atomic E-state index is 0.202. The first-order chi connectivity index (χ1) is 10.5. The van der Waals surface area contributed by atoms with Crippen LogP contribution in [0.3, 0.4) is 0 Å². The van der Waals surface area contributed by atoms with E-state index in [1.54, 1.807) is 6.19 Å². The summed E-state index contributed by atoms with van der Waals surface area (Å²) in [6, 6.07) is -0.618. The van der Waals surface area contributed by atoms with E-state index in [0.29, 0.717) is 12.5 Å². The Balaban J connectivity index is 2.62. The van der Waals surface area contributed by atoms with Crippen molar-refractivity contribution in [3.05, 3.63) is 0 Å². The summed E-state index contributed by atoms with van der Waals surface area (Å²) in [6.07, 6.45) is 7.86. The number of urea groups is 1. The quantitative estimate of drug-likeness (QED) is 0.574. The molecule has 1 aliphatic carbocycles. The Morgan fingerprint density at radius 2 is 1.91 bits per heavy atom. The van der Waals surface area contributed by atoms with Crippen molar-refractivity contribution in [3.8, 4) is 6.19 Å². The molecule has 22 heavy (non-hydrogen) atoms. The molecular formula is C16H27N3O3. The van der Waals surface area contributed by atoms with Crippen LogP contribution in [0.5, 0.6) is 0 Å². The van der Waals surface area contributed by atoms with Crippen molar-refractivity contribution in [1.29, 1.82) is 5.26 Å². The van der Waals surface area contributed by atoms with Gasteiger partial charge in [0.15, 0.2) is 6.19 Å². The van der Waals surface area contributed by atoms with E-state index in [1.807, 2.05) is 13.8 Å². The van der Waals surface area contributed by atoms with Crippen LogP contribution in [-0.4, -0.2) is 42.1 Å². The zero-order chi connectivity index (χ0) is 16.5. The fourth-order valence-corrected chi connectivity index (χ4v) is 2.59. The molecule has 0 bridgehead atoms. The Bertz CT molecular complexity index is 411. The molecule has 0 radical (unpaired) electrons. The molecule has 0 saturated heterocycles. The fourth-order valence-electron chi connectivity index (χ4n) is 2.59. The third-order valence-electron chi connectivity index (χ3n) is 3.91. The molecule has 1 saturated carbocycles. The van der Waals surface area contributed by atoms with Gasteiger partial charge in [-0.3, -0.25) is 0 Å². The maximum atomic E-state index is 12.2. The molecule has 0 N–H and O–H groups in total. The Kier molecular flexibility index (Phi) is 7.72. The fraction of sp³-hybridized carbons (Fsp3) is 0.812. The molecule has 0 aromatic rings. The molecule has 0 unspecified atom stereocenters. The van der Waals surface area contributed by atoms with E-state index < -0.39 is 12.1 Å². The minimum atomic E-state index is -0.656. The molecule has 124 valence electrons. The Labute approximate surface area is 133 Å². The number of carbonyl (C=O) groups is 2. The van der Waals surface area contributed by atoms with Crippen LogP contribution in [0.1, 0.15) is 52.4 Å². The van der Waals surface area contributed by atoms with Crippen LogP contribution in [0.2, 0.25) is 0 Å². The molecule has 1 aliphatic rings. The van der Waals surface area contributed by atoms with E-state index >= 15 is 0 Å². The summed E-state index contributed by atoms with van der Waals surface area (Å²) in [7, 11) is 1.35. The second-order valence-electron chi connectivity index (χ2n) is 6.36. The van der Waals surface area contributed by atoms with Gasteiger partial charge in [0, 0.05) is 13.6 Å². The van der Waals surface area contributed by atoms with Crippen LogP contribution in [0.4, 0.5) is 9.59 Å². The first kappa shape index (κ1) is 18.3. The first-order valence-electron chi connectivity index (χ1n) is 8.07. The molecule has 1 rings (SSSR count). The van der Waals surface area contributed by atoms with Gasteiger partial charge in [0.1, 0.15) is 0 Å². The summed E-state index contributed by atoms with van der Waals surface area (Å²) in [6.45, 7) is 4.44. The van der Waals surface area contributed by atoms with Crippen LogP contribution in [0, 0.1) is 23.3 Å². The van der Waals surface area contributed by atoms with Crippen molar-refractivity contribution < 1.29 is 14.3 Å². The van der Waals surface area contributed by atoms with Crippen LogP contribution >= 0.6 is 0 Å². The van der Waals surface area contributed by atoms with Gasteiger partial charge in [0.2, 0.25) is 0 Å². The maximum Gasteiger partial charge on any atom is 0.418 e. The Morgan fingerprint density at radius 1 is 1.27 bits per heavy atom. The zero-order valence-corrected chi connectivity index (χ0v) is 13.9. The van der Waals surface area contributed by atoms with Gasteiger partial charge < -0.3 is 4.74 Å². The molecule has 0 spiro atoms. The largest absolute Gasteiger partial charge is 0.449 e. The molecular weight excluding hydrogens is 282 g/mol. The van der Waals surface area contributed by atoms with Crippen molar-refractivity contribution in [2.24, 2.45) is 11.8 Å².